The number of hydrogen-bond acceptors (Lipinski definition) is 3. The molecule has 1 N–H and O–H groups in total. The fraction of sp³-hybridized carbons (Fsp3) is 1.00. The number of alkyl halides is 1. The van der Waals surface area contributed by atoms with Crippen LogP contribution in [0.1, 0.15) is 62.3 Å². The van der Waals surface area contributed by atoms with Gasteiger partial charge in [-0.05, 0) is 41.5 Å². The third-order valence-corrected chi connectivity index (χ3v) is 0.548. The minimum absolute atomic E-state index is 0.312. The van der Waals surface area contributed by atoms with Gasteiger partial charge in [-0.15, -0.1) is 0 Å². The minimum Gasteiger partial charge on any atom is -0.391 e. The topological polar surface area (TPSA) is 63.4 Å². The predicted molar refractivity (Wildman–Crippen MR) is 69.6 cm³/mol. The van der Waals surface area contributed by atoms with Crippen LogP contribution in [0.4, 0.5) is 4.39 Å². The highest BCUT2D eigenvalue weighted by molar-refractivity contribution is 4.54. The molecule has 0 bridgehead atoms. The largest absolute Gasteiger partial charge is 0.391 e. The van der Waals surface area contributed by atoms with Crippen LogP contribution in [0.3, 0.4) is 0 Å². The summed E-state index contributed by atoms with van der Waals surface area (Å²) in [5.41, 5.74) is -2.28. The second kappa shape index (κ2) is 7.58. The zero-order valence-corrected chi connectivity index (χ0v) is 12.6. The summed E-state index contributed by atoms with van der Waals surface area (Å²) in [5.74, 6) is 0. The summed E-state index contributed by atoms with van der Waals surface area (Å²) >= 11 is 0. The van der Waals surface area contributed by atoms with Crippen molar-refractivity contribution in [3.05, 3.63) is 10.1 Å². The molecule has 5 heteroatoms. The Hall–Kier alpha value is -0.710. The summed E-state index contributed by atoms with van der Waals surface area (Å²) < 4.78 is 11.7. The highest BCUT2D eigenvalue weighted by Crippen LogP contribution is 2.03. The molecule has 0 unspecified atom stereocenters. The van der Waals surface area contributed by atoms with Gasteiger partial charge in [0.05, 0.1) is 5.60 Å². The number of hydrogen-bond donors (Lipinski definition) is 1. The van der Waals surface area contributed by atoms with Crippen LogP contribution in [-0.2, 0) is 0 Å². The Morgan fingerprint density at radius 1 is 0.941 bits per heavy atom. The lowest BCUT2D eigenvalue weighted by atomic mass is 10.1. The van der Waals surface area contributed by atoms with Crippen molar-refractivity contribution in [2.45, 2.75) is 79.1 Å². The quantitative estimate of drug-likeness (QED) is 0.530. The Kier molecular flexibility index (Phi) is 9.62. The van der Waals surface area contributed by atoms with Crippen LogP contribution >= 0.6 is 0 Å². The van der Waals surface area contributed by atoms with Gasteiger partial charge < -0.3 is 5.11 Å². The summed E-state index contributed by atoms with van der Waals surface area (Å²) in [7, 11) is 0. The van der Waals surface area contributed by atoms with Gasteiger partial charge in [0.25, 0.3) is 0 Å². The molecular weight excluding hydrogens is 225 g/mol. The van der Waals surface area contributed by atoms with E-state index in [1.54, 1.807) is 41.5 Å². The lowest BCUT2D eigenvalue weighted by Crippen LogP contribution is -2.25. The average molecular weight is 253 g/mol. The number of rotatable bonds is 0. The van der Waals surface area contributed by atoms with Gasteiger partial charge >= 0.3 is 0 Å². The summed E-state index contributed by atoms with van der Waals surface area (Å²) in [5, 5.41) is 18.3. The molecular formula is C12H28FNO3. The molecule has 0 aliphatic heterocycles. The van der Waals surface area contributed by atoms with Crippen molar-refractivity contribution >= 4 is 0 Å². The van der Waals surface area contributed by atoms with E-state index in [1.165, 1.54) is 20.8 Å². The molecule has 4 nitrogen and oxygen atoms in total. The summed E-state index contributed by atoms with van der Waals surface area (Å²) in [4.78, 5) is 9.51. The third kappa shape index (κ3) is 96.5. The lowest BCUT2D eigenvalue weighted by molar-refractivity contribution is -0.555. The van der Waals surface area contributed by atoms with Crippen molar-refractivity contribution in [3.63, 3.8) is 0 Å². The first kappa shape index (κ1) is 21.6. The van der Waals surface area contributed by atoms with Gasteiger partial charge in [-0.2, -0.15) is 0 Å². The lowest BCUT2D eigenvalue weighted by Gasteiger charge is -2.05. The fourth-order valence-electron chi connectivity index (χ4n) is 0. The Bertz CT molecular complexity index is 185. The number of nitro groups is 1. The van der Waals surface area contributed by atoms with E-state index in [-0.39, 0.29) is 4.92 Å². The van der Waals surface area contributed by atoms with Crippen molar-refractivity contribution in [2.75, 3.05) is 0 Å². The van der Waals surface area contributed by atoms with E-state index in [4.69, 9.17) is 5.11 Å². The van der Waals surface area contributed by atoms with Crippen LogP contribution in [0.25, 0.3) is 0 Å². The molecule has 0 heterocycles. The van der Waals surface area contributed by atoms with Gasteiger partial charge in [-0.1, -0.05) is 0 Å². The maximum Gasteiger partial charge on any atom is 0.214 e. The standard InChI is InChI=1S/C4H9F.C4H9NO2.C4H10O/c1-4(2,3)5;1-4(2,3)5(6)7;1-4(2,3)5/h1-3H3;1-3H3;5H,1-3H3. The predicted octanol–water partition coefficient (Wildman–Crippen LogP) is 3.59. The average Bonchev–Trinajstić information content (AvgIpc) is 1.74. The molecule has 0 amide bonds. The molecule has 0 aliphatic carbocycles. The first-order chi connectivity index (χ1) is 6.94. The first-order valence-corrected chi connectivity index (χ1v) is 5.50. The van der Waals surface area contributed by atoms with Crippen molar-refractivity contribution in [1.82, 2.24) is 0 Å². The summed E-state index contributed by atoms with van der Waals surface area (Å²) in [6.07, 6.45) is 0. The van der Waals surface area contributed by atoms with Crippen LogP contribution in [0.15, 0.2) is 0 Å². The monoisotopic (exact) mass is 253 g/mol. The molecule has 0 aliphatic rings. The smallest absolute Gasteiger partial charge is 0.214 e. The SMILES string of the molecule is CC(C)(C)F.CC(C)(C)O.CC(C)(C)[N+](=O)[O-]. The van der Waals surface area contributed by atoms with Gasteiger partial charge in [0.2, 0.25) is 5.54 Å². The van der Waals surface area contributed by atoms with Gasteiger partial charge in [0.15, 0.2) is 0 Å². The fourth-order valence-corrected chi connectivity index (χ4v) is 0. The molecule has 0 aromatic rings. The van der Waals surface area contributed by atoms with Crippen LogP contribution in [0.5, 0.6) is 0 Å². The van der Waals surface area contributed by atoms with Crippen molar-refractivity contribution in [1.29, 1.82) is 0 Å². The van der Waals surface area contributed by atoms with E-state index >= 15 is 0 Å². The molecule has 106 valence electrons. The number of halogens is 1. The van der Waals surface area contributed by atoms with Crippen LogP contribution in [0, 0.1) is 10.1 Å². The van der Waals surface area contributed by atoms with Crippen LogP contribution < -0.4 is 0 Å². The van der Waals surface area contributed by atoms with E-state index in [9.17, 15) is 14.5 Å². The molecule has 0 spiro atoms. The maximum absolute atomic E-state index is 11.7. The molecule has 0 aromatic carbocycles. The molecule has 0 saturated heterocycles. The van der Waals surface area contributed by atoms with Crippen molar-refractivity contribution < 1.29 is 14.4 Å². The minimum atomic E-state index is -1.00. The highest BCUT2D eigenvalue weighted by atomic mass is 19.1. The maximum atomic E-state index is 11.7. The van der Waals surface area contributed by atoms with Gasteiger partial charge in [-0.25, -0.2) is 4.39 Å². The van der Waals surface area contributed by atoms with Crippen molar-refractivity contribution in [2.24, 2.45) is 0 Å². The Morgan fingerprint density at radius 2 is 1.00 bits per heavy atom. The van der Waals surface area contributed by atoms with E-state index in [0.717, 1.165) is 0 Å². The number of aliphatic hydroxyl groups is 1. The summed E-state index contributed by atoms with van der Waals surface area (Å²) in [6, 6.07) is 0. The molecule has 0 atom stereocenters. The second-order valence-electron chi connectivity index (χ2n) is 6.67. The Morgan fingerprint density at radius 3 is 1.00 bits per heavy atom. The van der Waals surface area contributed by atoms with Gasteiger partial charge in [0.1, 0.15) is 5.67 Å². The van der Waals surface area contributed by atoms with Crippen LogP contribution in [0.2, 0.25) is 0 Å². The zero-order chi connectivity index (χ0) is 15.1. The van der Waals surface area contributed by atoms with E-state index in [0.29, 0.717) is 0 Å². The first-order valence-electron chi connectivity index (χ1n) is 5.50. The van der Waals surface area contributed by atoms with E-state index < -0.39 is 16.8 Å². The molecule has 17 heavy (non-hydrogen) atoms. The molecule has 0 fully saturated rings. The van der Waals surface area contributed by atoms with Crippen molar-refractivity contribution in [3.8, 4) is 0 Å². The van der Waals surface area contributed by atoms with Gasteiger partial charge in [0, 0.05) is 25.7 Å². The Labute approximate surface area is 104 Å². The molecule has 0 radical (unpaired) electrons. The highest BCUT2D eigenvalue weighted by Gasteiger charge is 2.21. The van der Waals surface area contributed by atoms with Gasteiger partial charge in [-0.3, -0.25) is 10.1 Å². The second-order valence-corrected chi connectivity index (χ2v) is 6.67. The van der Waals surface area contributed by atoms with E-state index in [2.05, 4.69) is 0 Å². The van der Waals surface area contributed by atoms with Crippen LogP contribution in [-0.4, -0.2) is 26.8 Å². The molecule has 0 saturated carbocycles. The normalized spacial score (nSPS) is 11.7. The van der Waals surface area contributed by atoms with E-state index in [1.807, 2.05) is 0 Å². The third-order valence-electron chi connectivity index (χ3n) is 0.548. The molecule has 0 aromatic heterocycles. The molecule has 0 rings (SSSR count). The summed E-state index contributed by atoms with van der Waals surface area (Å²) in [6.45, 7) is 14.5. The zero-order valence-electron chi connectivity index (χ0n) is 12.6. The Balaban J connectivity index is -0.000000177. The number of nitrogens with zero attached hydrogens (tertiary/aromatic N) is 1.